The van der Waals surface area contributed by atoms with Crippen molar-refractivity contribution in [2.45, 2.75) is 0 Å². The zero-order valence-electron chi connectivity index (χ0n) is 18.1. The summed E-state index contributed by atoms with van der Waals surface area (Å²) >= 11 is 0. The van der Waals surface area contributed by atoms with Gasteiger partial charge in [0.05, 0.1) is 0 Å². The molecule has 1 aromatic carbocycles. The Morgan fingerprint density at radius 1 is 0.969 bits per heavy atom. The standard InChI is InChI=1S/C23H24N8O/c1-28-12-14-30(15-13-28)23(32)17-10-11-24-19(16-17)22-26-25-20-8-9-21(27-31(20)22)29(2)18-6-4-3-5-7-18/h3-11,16H,12-15H2,1-2H3. The van der Waals surface area contributed by atoms with Crippen molar-refractivity contribution in [2.24, 2.45) is 0 Å². The van der Waals surface area contributed by atoms with Gasteiger partial charge >= 0.3 is 0 Å². The second kappa shape index (κ2) is 8.35. The predicted molar refractivity (Wildman–Crippen MR) is 122 cm³/mol. The fourth-order valence-corrected chi connectivity index (χ4v) is 3.78. The average molecular weight is 429 g/mol. The van der Waals surface area contributed by atoms with Gasteiger partial charge in [0.15, 0.2) is 11.5 Å². The molecule has 0 aliphatic carbocycles. The maximum Gasteiger partial charge on any atom is 0.254 e. The van der Waals surface area contributed by atoms with Crippen molar-refractivity contribution in [3.63, 3.8) is 0 Å². The number of hydrogen-bond donors (Lipinski definition) is 0. The first-order valence-electron chi connectivity index (χ1n) is 10.6. The third-order valence-electron chi connectivity index (χ3n) is 5.76. The summed E-state index contributed by atoms with van der Waals surface area (Å²) in [6.45, 7) is 3.19. The van der Waals surface area contributed by atoms with Crippen molar-refractivity contribution in [2.75, 3.05) is 45.2 Å². The number of carbonyl (C=O) groups excluding carboxylic acids is 1. The normalized spacial score (nSPS) is 14.6. The summed E-state index contributed by atoms with van der Waals surface area (Å²) in [7, 11) is 4.03. The summed E-state index contributed by atoms with van der Waals surface area (Å²) in [5, 5.41) is 13.3. The van der Waals surface area contributed by atoms with E-state index in [1.54, 1.807) is 22.8 Å². The Balaban J connectivity index is 1.47. The molecular weight excluding hydrogens is 404 g/mol. The molecule has 32 heavy (non-hydrogen) atoms. The number of benzene rings is 1. The number of aromatic nitrogens is 5. The van der Waals surface area contributed by atoms with Crippen molar-refractivity contribution < 1.29 is 4.79 Å². The number of fused-ring (bicyclic) bond motifs is 1. The summed E-state index contributed by atoms with van der Waals surface area (Å²) in [4.78, 5) is 23.5. The van der Waals surface area contributed by atoms with Gasteiger partial charge in [-0.2, -0.15) is 4.52 Å². The van der Waals surface area contributed by atoms with E-state index in [2.05, 4.69) is 27.1 Å². The highest BCUT2D eigenvalue weighted by atomic mass is 16.2. The van der Waals surface area contributed by atoms with Gasteiger partial charge in [-0.3, -0.25) is 9.78 Å². The van der Waals surface area contributed by atoms with E-state index in [9.17, 15) is 4.79 Å². The number of likely N-dealkylation sites (N-methyl/N-ethyl adjacent to an activating group) is 1. The van der Waals surface area contributed by atoms with E-state index in [0.717, 1.165) is 37.7 Å². The smallest absolute Gasteiger partial charge is 0.254 e. The highest BCUT2D eigenvalue weighted by molar-refractivity contribution is 5.95. The third-order valence-corrected chi connectivity index (χ3v) is 5.76. The molecule has 1 aliphatic heterocycles. The maximum atomic E-state index is 13.0. The molecule has 0 saturated carbocycles. The van der Waals surface area contributed by atoms with E-state index in [-0.39, 0.29) is 5.91 Å². The Hall–Kier alpha value is -3.85. The van der Waals surface area contributed by atoms with Crippen molar-refractivity contribution >= 4 is 23.1 Å². The lowest BCUT2D eigenvalue weighted by Gasteiger charge is -2.32. The van der Waals surface area contributed by atoms with Crippen LogP contribution < -0.4 is 4.90 Å². The quantitative estimate of drug-likeness (QED) is 0.493. The Morgan fingerprint density at radius 3 is 2.53 bits per heavy atom. The Labute approximate surface area is 185 Å². The fourth-order valence-electron chi connectivity index (χ4n) is 3.78. The lowest BCUT2D eigenvalue weighted by atomic mass is 10.2. The van der Waals surface area contributed by atoms with Gasteiger partial charge in [-0.05, 0) is 43.4 Å². The Bertz CT molecular complexity index is 1250. The van der Waals surface area contributed by atoms with Gasteiger partial charge in [-0.15, -0.1) is 15.3 Å². The van der Waals surface area contributed by atoms with Crippen molar-refractivity contribution in [1.29, 1.82) is 0 Å². The van der Waals surface area contributed by atoms with Crippen LogP contribution in [0.4, 0.5) is 11.5 Å². The van der Waals surface area contributed by atoms with Gasteiger partial charge in [-0.25, -0.2) is 0 Å². The van der Waals surface area contributed by atoms with E-state index >= 15 is 0 Å². The van der Waals surface area contributed by atoms with E-state index in [0.29, 0.717) is 22.7 Å². The number of amides is 1. The number of rotatable bonds is 4. The maximum absolute atomic E-state index is 13.0. The minimum Gasteiger partial charge on any atom is -0.336 e. The SMILES string of the molecule is CN1CCN(C(=O)c2ccnc(-c3nnc4ccc(N(C)c5ccccc5)nn34)c2)CC1. The van der Waals surface area contributed by atoms with Crippen LogP contribution in [-0.4, -0.2) is 80.8 Å². The van der Waals surface area contributed by atoms with E-state index in [4.69, 9.17) is 5.10 Å². The molecule has 1 aliphatic rings. The second-order valence-corrected chi connectivity index (χ2v) is 7.90. The van der Waals surface area contributed by atoms with Crippen molar-refractivity contribution in [1.82, 2.24) is 34.6 Å². The first-order valence-corrected chi connectivity index (χ1v) is 10.6. The molecule has 0 unspecified atom stereocenters. The molecule has 1 fully saturated rings. The number of nitrogens with zero attached hydrogens (tertiary/aromatic N) is 8. The highest BCUT2D eigenvalue weighted by Gasteiger charge is 2.22. The van der Waals surface area contributed by atoms with Gasteiger partial charge in [-0.1, -0.05) is 18.2 Å². The fraction of sp³-hybridized carbons (Fsp3) is 0.261. The minimum absolute atomic E-state index is 0.00744. The molecule has 5 rings (SSSR count). The van der Waals surface area contributed by atoms with Crippen LogP contribution in [0.25, 0.3) is 17.2 Å². The lowest BCUT2D eigenvalue weighted by molar-refractivity contribution is 0.0664. The van der Waals surface area contributed by atoms with Crippen LogP contribution in [0.1, 0.15) is 10.4 Å². The molecule has 0 bridgehead atoms. The Morgan fingerprint density at radius 2 is 1.75 bits per heavy atom. The van der Waals surface area contributed by atoms with Crippen LogP contribution in [0.5, 0.6) is 0 Å². The molecular formula is C23H24N8O. The monoisotopic (exact) mass is 428 g/mol. The zero-order valence-corrected chi connectivity index (χ0v) is 18.1. The molecule has 0 N–H and O–H groups in total. The van der Waals surface area contributed by atoms with Gasteiger partial charge in [0.2, 0.25) is 5.82 Å². The summed E-state index contributed by atoms with van der Waals surface area (Å²) < 4.78 is 1.67. The molecule has 9 heteroatoms. The molecule has 0 atom stereocenters. The van der Waals surface area contributed by atoms with E-state index < -0.39 is 0 Å². The molecule has 162 valence electrons. The molecule has 3 aromatic heterocycles. The molecule has 0 spiro atoms. The molecule has 1 saturated heterocycles. The largest absolute Gasteiger partial charge is 0.336 e. The minimum atomic E-state index is 0.00744. The lowest BCUT2D eigenvalue weighted by Crippen LogP contribution is -2.47. The summed E-state index contributed by atoms with van der Waals surface area (Å²) in [5.74, 6) is 1.25. The third kappa shape index (κ3) is 3.78. The number of carbonyl (C=O) groups is 1. The van der Waals surface area contributed by atoms with Gasteiger partial charge in [0, 0.05) is 50.7 Å². The van der Waals surface area contributed by atoms with Crippen LogP contribution in [-0.2, 0) is 0 Å². The molecule has 1 amide bonds. The number of anilines is 2. The topological polar surface area (TPSA) is 82.8 Å². The van der Waals surface area contributed by atoms with Crippen LogP contribution in [0.3, 0.4) is 0 Å². The van der Waals surface area contributed by atoms with Crippen LogP contribution in [0, 0.1) is 0 Å². The van der Waals surface area contributed by atoms with Gasteiger partial charge in [0.1, 0.15) is 5.69 Å². The summed E-state index contributed by atoms with van der Waals surface area (Å²) in [6, 6.07) is 17.3. The molecule has 4 heterocycles. The highest BCUT2D eigenvalue weighted by Crippen LogP contribution is 2.23. The summed E-state index contributed by atoms with van der Waals surface area (Å²) in [6.07, 6.45) is 1.64. The van der Waals surface area contributed by atoms with Crippen LogP contribution in [0.2, 0.25) is 0 Å². The number of pyridine rings is 1. The van der Waals surface area contributed by atoms with E-state index in [1.807, 2.05) is 59.3 Å². The molecule has 4 aromatic rings. The zero-order chi connectivity index (χ0) is 22.1. The summed E-state index contributed by atoms with van der Waals surface area (Å²) in [5.41, 5.74) is 2.79. The predicted octanol–water partition coefficient (Wildman–Crippen LogP) is 2.34. The van der Waals surface area contributed by atoms with Crippen LogP contribution in [0.15, 0.2) is 60.8 Å². The Kier molecular flexibility index (Phi) is 5.24. The van der Waals surface area contributed by atoms with E-state index in [1.165, 1.54) is 0 Å². The molecule has 0 radical (unpaired) electrons. The van der Waals surface area contributed by atoms with Gasteiger partial charge < -0.3 is 14.7 Å². The number of para-hydroxylation sites is 1. The number of hydrogen-bond acceptors (Lipinski definition) is 7. The second-order valence-electron chi connectivity index (χ2n) is 7.90. The van der Waals surface area contributed by atoms with Crippen molar-refractivity contribution in [3.05, 3.63) is 66.4 Å². The van der Waals surface area contributed by atoms with Crippen LogP contribution >= 0.6 is 0 Å². The molecule has 9 nitrogen and oxygen atoms in total. The average Bonchev–Trinajstić information content (AvgIpc) is 3.27. The van der Waals surface area contributed by atoms with Crippen molar-refractivity contribution in [3.8, 4) is 11.5 Å². The first-order chi connectivity index (χ1) is 15.6. The van der Waals surface area contributed by atoms with Gasteiger partial charge in [0.25, 0.3) is 5.91 Å². The first kappa shape index (κ1) is 20.1. The number of piperazine rings is 1.